The summed E-state index contributed by atoms with van der Waals surface area (Å²) in [4.78, 5) is 22.9. The average molecular weight is 319 g/mol. The van der Waals surface area contributed by atoms with Gasteiger partial charge >= 0.3 is 0 Å². The molecule has 1 aliphatic rings. The molecule has 0 unspecified atom stereocenters. The Labute approximate surface area is 135 Å². The molecule has 0 bridgehead atoms. The van der Waals surface area contributed by atoms with Crippen molar-refractivity contribution in [3.05, 3.63) is 23.8 Å². The maximum atomic E-state index is 11.5. The second kappa shape index (κ2) is 8.17. The van der Waals surface area contributed by atoms with Crippen LogP contribution in [0.25, 0.3) is 0 Å². The van der Waals surface area contributed by atoms with Crippen molar-refractivity contribution in [2.24, 2.45) is 11.0 Å². The van der Waals surface area contributed by atoms with Gasteiger partial charge < -0.3 is 14.8 Å². The van der Waals surface area contributed by atoms with Crippen molar-refractivity contribution in [3.63, 3.8) is 0 Å². The Morgan fingerprint density at radius 1 is 1.35 bits per heavy atom. The Kier molecular flexibility index (Phi) is 5.96. The van der Waals surface area contributed by atoms with E-state index in [2.05, 4.69) is 15.8 Å². The molecule has 2 N–H and O–H groups in total. The minimum absolute atomic E-state index is 0.0462. The molecule has 1 aliphatic carbocycles. The second-order valence-electron chi connectivity index (χ2n) is 5.16. The van der Waals surface area contributed by atoms with Crippen LogP contribution in [0.5, 0.6) is 11.5 Å². The van der Waals surface area contributed by atoms with Gasteiger partial charge in [-0.2, -0.15) is 5.10 Å². The van der Waals surface area contributed by atoms with Gasteiger partial charge in [0.2, 0.25) is 5.91 Å². The monoisotopic (exact) mass is 319 g/mol. The zero-order chi connectivity index (χ0) is 16.7. The first-order valence-corrected chi connectivity index (χ1v) is 7.54. The molecule has 1 aromatic carbocycles. The molecule has 0 aliphatic heterocycles. The average Bonchev–Trinajstić information content (AvgIpc) is 3.38. The fourth-order valence-corrected chi connectivity index (χ4v) is 1.88. The number of amides is 2. The lowest BCUT2D eigenvalue weighted by Gasteiger charge is -2.11. The van der Waals surface area contributed by atoms with Gasteiger partial charge in [-0.3, -0.25) is 9.59 Å². The number of hydrazone groups is 1. The molecule has 1 fully saturated rings. The van der Waals surface area contributed by atoms with E-state index < -0.39 is 0 Å². The van der Waals surface area contributed by atoms with Crippen LogP contribution in [0.4, 0.5) is 0 Å². The van der Waals surface area contributed by atoms with Gasteiger partial charge in [0.15, 0.2) is 18.1 Å². The third-order valence-electron chi connectivity index (χ3n) is 3.26. The number of hydrogen-bond donors (Lipinski definition) is 2. The molecular formula is C16H21N3O4. The Balaban J connectivity index is 1.93. The molecule has 0 spiro atoms. The summed E-state index contributed by atoms with van der Waals surface area (Å²) in [6.45, 7) is 2.32. The predicted molar refractivity (Wildman–Crippen MR) is 85.6 cm³/mol. The van der Waals surface area contributed by atoms with Crippen molar-refractivity contribution in [3.8, 4) is 11.5 Å². The highest BCUT2D eigenvalue weighted by atomic mass is 16.5. The maximum absolute atomic E-state index is 11.5. The van der Waals surface area contributed by atoms with Gasteiger partial charge in [0, 0.05) is 12.5 Å². The van der Waals surface area contributed by atoms with Crippen molar-refractivity contribution < 1.29 is 19.1 Å². The van der Waals surface area contributed by atoms with Crippen molar-refractivity contribution in [1.82, 2.24) is 10.7 Å². The fraction of sp³-hybridized carbons (Fsp3) is 0.438. The zero-order valence-electron chi connectivity index (χ0n) is 13.3. The number of benzene rings is 1. The summed E-state index contributed by atoms with van der Waals surface area (Å²) in [5.41, 5.74) is 3.26. The molecule has 124 valence electrons. The Hall–Kier alpha value is -2.57. The number of methoxy groups -OCH3 is 1. The van der Waals surface area contributed by atoms with E-state index in [1.807, 2.05) is 6.92 Å². The molecule has 1 saturated carbocycles. The predicted octanol–water partition coefficient (Wildman–Crippen LogP) is 1.07. The van der Waals surface area contributed by atoms with Crippen molar-refractivity contribution in [2.75, 3.05) is 20.3 Å². The lowest BCUT2D eigenvalue weighted by atomic mass is 10.2. The van der Waals surface area contributed by atoms with E-state index in [-0.39, 0.29) is 24.3 Å². The molecular weight excluding hydrogens is 298 g/mol. The first kappa shape index (κ1) is 16.8. The lowest BCUT2D eigenvalue weighted by Crippen LogP contribution is -2.28. The van der Waals surface area contributed by atoms with Crippen molar-refractivity contribution >= 4 is 18.0 Å². The number of carbonyl (C=O) groups excluding carboxylic acids is 2. The van der Waals surface area contributed by atoms with Gasteiger partial charge in [-0.05, 0) is 43.5 Å². The van der Waals surface area contributed by atoms with Crippen LogP contribution in [0.2, 0.25) is 0 Å². The quantitative estimate of drug-likeness (QED) is 0.554. The Morgan fingerprint density at radius 2 is 2.13 bits per heavy atom. The van der Waals surface area contributed by atoms with Gasteiger partial charge in [-0.25, -0.2) is 5.43 Å². The van der Waals surface area contributed by atoms with Crippen LogP contribution in [0.3, 0.4) is 0 Å². The lowest BCUT2D eigenvalue weighted by molar-refractivity contribution is -0.123. The van der Waals surface area contributed by atoms with Gasteiger partial charge in [-0.15, -0.1) is 0 Å². The minimum Gasteiger partial charge on any atom is -0.493 e. The minimum atomic E-state index is -0.192. The first-order valence-electron chi connectivity index (χ1n) is 7.54. The van der Waals surface area contributed by atoms with Crippen LogP contribution >= 0.6 is 0 Å². The van der Waals surface area contributed by atoms with Crippen LogP contribution in [-0.4, -0.2) is 38.3 Å². The van der Waals surface area contributed by atoms with Gasteiger partial charge in [0.05, 0.1) is 13.3 Å². The van der Waals surface area contributed by atoms with E-state index >= 15 is 0 Å². The standard InChI is InChI=1S/C16H21N3O4/c1-3-17-15(20)10-23-13-7-4-11(8-14(13)22-2)9-18-19-16(21)12-5-6-12/h4,7-9,12H,3,5-6,10H2,1-2H3,(H,17,20)(H,19,21)/b18-9-. The van der Waals surface area contributed by atoms with Crippen molar-refractivity contribution in [2.45, 2.75) is 19.8 Å². The summed E-state index contributed by atoms with van der Waals surface area (Å²) in [5, 5.41) is 6.57. The second-order valence-corrected chi connectivity index (χ2v) is 5.16. The fourth-order valence-electron chi connectivity index (χ4n) is 1.88. The largest absolute Gasteiger partial charge is 0.493 e. The third kappa shape index (κ3) is 5.28. The highest BCUT2D eigenvalue weighted by Crippen LogP contribution is 2.29. The molecule has 0 saturated heterocycles. The number of likely N-dealkylation sites (N-methyl/N-ethyl adjacent to an activating group) is 1. The Bertz CT molecular complexity index is 597. The topological polar surface area (TPSA) is 89.0 Å². The van der Waals surface area contributed by atoms with E-state index in [4.69, 9.17) is 9.47 Å². The van der Waals surface area contributed by atoms with E-state index in [1.54, 1.807) is 18.2 Å². The summed E-state index contributed by atoms with van der Waals surface area (Å²) in [5.74, 6) is 0.842. The van der Waals surface area contributed by atoms with Gasteiger partial charge in [0.25, 0.3) is 5.91 Å². The molecule has 0 heterocycles. The van der Waals surface area contributed by atoms with Crippen LogP contribution in [-0.2, 0) is 9.59 Å². The molecule has 0 atom stereocenters. The Morgan fingerprint density at radius 3 is 2.78 bits per heavy atom. The number of nitrogens with zero attached hydrogens (tertiary/aromatic N) is 1. The molecule has 0 aromatic heterocycles. The molecule has 0 radical (unpaired) electrons. The van der Waals surface area contributed by atoms with E-state index in [0.717, 1.165) is 18.4 Å². The number of ether oxygens (including phenoxy) is 2. The van der Waals surface area contributed by atoms with Crippen LogP contribution in [0.15, 0.2) is 23.3 Å². The number of carbonyl (C=O) groups is 2. The molecule has 1 aromatic rings. The zero-order valence-corrected chi connectivity index (χ0v) is 13.3. The van der Waals surface area contributed by atoms with E-state index in [0.29, 0.717) is 18.0 Å². The number of hydrogen-bond acceptors (Lipinski definition) is 5. The summed E-state index contributed by atoms with van der Waals surface area (Å²) in [7, 11) is 1.52. The van der Waals surface area contributed by atoms with Gasteiger partial charge in [0.1, 0.15) is 0 Å². The normalized spacial score (nSPS) is 13.7. The molecule has 2 amide bonds. The van der Waals surface area contributed by atoms with E-state index in [9.17, 15) is 9.59 Å². The molecule has 2 rings (SSSR count). The number of rotatable bonds is 8. The molecule has 23 heavy (non-hydrogen) atoms. The highest BCUT2D eigenvalue weighted by molar-refractivity contribution is 5.85. The summed E-state index contributed by atoms with van der Waals surface area (Å²) in [6.07, 6.45) is 3.41. The van der Waals surface area contributed by atoms with Gasteiger partial charge in [-0.1, -0.05) is 0 Å². The molecule has 7 heteroatoms. The summed E-state index contributed by atoms with van der Waals surface area (Å²) >= 11 is 0. The van der Waals surface area contributed by atoms with Crippen molar-refractivity contribution in [1.29, 1.82) is 0 Å². The first-order chi connectivity index (χ1) is 11.1. The summed E-state index contributed by atoms with van der Waals surface area (Å²) in [6, 6.07) is 5.18. The molecule has 7 nitrogen and oxygen atoms in total. The maximum Gasteiger partial charge on any atom is 0.257 e. The smallest absolute Gasteiger partial charge is 0.257 e. The van der Waals surface area contributed by atoms with Crippen LogP contribution in [0, 0.1) is 5.92 Å². The highest BCUT2D eigenvalue weighted by Gasteiger charge is 2.29. The van der Waals surface area contributed by atoms with E-state index in [1.165, 1.54) is 13.3 Å². The third-order valence-corrected chi connectivity index (χ3v) is 3.26. The summed E-state index contributed by atoms with van der Waals surface area (Å²) < 4.78 is 10.7. The van der Waals surface area contributed by atoms with Crippen LogP contribution in [0.1, 0.15) is 25.3 Å². The van der Waals surface area contributed by atoms with Crippen LogP contribution < -0.4 is 20.2 Å². The SMILES string of the molecule is CCNC(=O)COc1ccc(/C=N\NC(=O)C2CC2)cc1OC. The number of nitrogens with one attached hydrogen (secondary N) is 2.